The highest BCUT2D eigenvalue weighted by Gasteiger charge is 2.29. The molecule has 7 heteroatoms. The molecule has 128 valence electrons. The fraction of sp³-hybridized carbons (Fsp3) is 0.471. The second kappa shape index (κ2) is 7.09. The third-order valence-electron chi connectivity index (χ3n) is 4.24. The smallest absolute Gasteiger partial charge is 0.254 e. The quantitative estimate of drug-likeness (QED) is 0.863. The van der Waals surface area contributed by atoms with E-state index in [4.69, 9.17) is 4.74 Å². The molecule has 6 nitrogen and oxygen atoms in total. The molecule has 1 saturated heterocycles. The Morgan fingerprint density at radius 3 is 2.71 bits per heavy atom. The Bertz CT molecular complexity index is 697. The van der Waals surface area contributed by atoms with E-state index in [0.29, 0.717) is 18.8 Å². The van der Waals surface area contributed by atoms with E-state index in [9.17, 15) is 9.18 Å². The third-order valence-corrected chi connectivity index (χ3v) is 4.24. The highest BCUT2D eigenvalue weighted by molar-refractivity contribution is 5.94. The molecule has 1 fully saturated rings. The predicted molar refractivity (Wildman–Crippen MR) is 86.5 cm³/mol. The first-order chi connectivity index (χ1) is 11.6. The minimum Gasteiger partial charge on any atom is -0.381 e. The summed E-state index contributed by atoms with van der Waals surface area (Å²) >= 11 is 0. The first kappa shape index (κ1) is 16.6. The minimum atomic E-state index is -0.498. The zero-order chi connectivity index (χ0) is 17.1. The molecule has 24 heavy (non-hydrogen) atoms. The van der Waals surface area contributed by atoms with Crippen LogP contribution in [-0.4, -0.2) is 50.9 Å². The van der Waals surface area contributed by atoms with Gasteiger partial charge in [-0.1, -0.05) is 0 Å². The van der Waals surface area contributed by atoms with Crippen LogP contribution in [0.1, 0.15) is 37.0 Å². The summed E-state index contributed by atoms with van der Waals surface area (Å²) in [6.45, 7) is 5.27. The molecule has 2 aromatic rings. The lowest BCUT2D eigenvalue weighted by Crippen LogP contribution is -2.47. The lowest BCUT2D eigenvalue weighted by Gasteiger charge is -2.37. The molecule has 1 aliphatic rings. The second-order valence-corrected chi connectivity index (χ2v) is 6.16. The van der Waals surface area contributed by atoms with E-state index in [1.54, 1.807) is 12.1 Å². The fourth-order valence-corrected chi connectivity index (χ4v) is 3.09. The summed E-state index contributed by atoms with van der Waals surface area (Å²) in [4.78, 5) is 18.6. The highest BCUT2D eigenvalue weighted by Crippen LogP contribution is 2.22. The number of benzene rings is 1. The van der Waals surface area contributed by atoms with Crippen LogP contribution in [0.15, 0.2) is 30.9 Å². The number of amides is 1. The van der Waals surface area contributed by atoms with Gasteiger partial charge in [-0.25, -0.2) is 14.1 Å². The summed E-state index contributed by atoms with van der Waals surface area (Å²) in [5.41, 5.74) is 0.614. The normalized spacial score (nSPS) is 15.7. The number of aromatic nitrogens is 3. The molecule has 0 saturated carbocycles. The van der Waals surface area contributed by atoms with Crippen molar-refractivity contribution < 1.29 is 13.9 Å². The zero-order valence-corrected chi connectivity index (χ0v) is 13.9. The number of rotatable bonds is 4. The van der Waals surface area contributed by atoms with Crippen molar-refractivity contribution >= 4 is 5.91 Å². The maximum Gasteiger partial charge on any atom is 0.254 e. The molecular formula is C17H21FN4O2. The molecule has 0 unspecified atom stereocenters. The molecule has 3 rings (SSSR count). The number of ether oxygens (including phenoxy) is 1. The molecule has 2 heterocycles. The Balaban J connectivity index is 1.86. The molecule has 1 aromatic heterocycles. The summed E-state index contributed by atoms with van der Waals surface area (Å²) in [6, 6.07) is 4.63. The zero-order valence-electron chi connectivity index (χ0n) is 13.9. The summed E-state index contributed by atoms with van der Waals surface area (Å²) < 4.78 is 21.1. The van der Waals surface area contributed by atoms with Crippen LogP contribution in [0.3, 0.4) is 0 Å². The Morgan fingerprint density at radius 2 is 2.12 bits per heavy atom. The van der Waals surface area contributed by atoms with Gasteiger partial charge < -0.3 is 9.64 Å². The van der Waals surface area contributed by atoms with Gasteiger partial charge in [-0.2, -0.15) is 5.10 Å². The van der Waals surface area contributed by atoms with E-state index in [0.717, 1.165) is 12.8 Å². The molecule has 1 aliphatic heterocycles. The van der Waals surface area contributed by atoms with Crippen LogP contribution in [0.5, 0.6) is 0 Å². The van der Waals surface area contributed by atoms with E-state index in [1.807, 2.05) is 18.7 Å². The van der Waals surface area contributed by atoms with Crippen molar-refractivity contribution in [2.45, 2.75) is 38.8 Å². The van der Waals surface area contributed by atoms with Gasteiger partial charge in [0.1, 0.15) is 24.2 Å². The molecule has 0 spiro atoms. The number of carbonyl (C=O) groups is 1. The Kier molecular flexibility index (Phi) is 4.89. The number of nitrogens with zero attached hydrogens (tertiary/aromatic N) is 4. The summed E-state index contributed by atoms with van der Waals surface area (Å²) in [7, 11) is 0. The average molecular weight is 332 g/mol. The molecule has 0 atom stereocenters. The van der Waals surface area contributed by atoms with E-state index < -0.39 is 5.82 Å². The van der Waals surface area contributed by atoms with Crippen molar-refractivity contribution in [3.05, 3.63) is 42.2 Å². The van der Waals surface area contributed by atoms with Gasteiger partial charge in [0.15, 0.2) is 0 Å². The molecule has 0 radical (unpaired) electrons. The van der Waals surface area contributed by atoms with Crippen LogP contribution in [0.25, 0.3) is 5.69 Å². The lowest BCUT2D eigenvalue weighted by molar-refractivity contribution is 0.0205. The van der Waals surface area contributed by atoms with Crippen molar-refractivity contribution in [3.63, 3.8) is 0 Å². The van der Waals surface area contributed by atoms with Crippen molar-refractivity contribution in [3.8, 4) is 5.69 Å². The topological polar surface area (TPSA) is 60.2 Å². The summed E-state index contributed by atoms with van der Waals surface area (Å²) in [6.07, 6.45) is 4.37. The summed E-state index contributed by atoms with van der Waals surface area (Å²) in [5, 5.41) is 3.91. The van der Waals surface area contributed by atoms with Gasteiger partial charge >= 0.3 is 0 Å². The van der Waals surface area contributed by atoms with Gasteiger partial charge in [-0.15, -0.1) is 0 Å². The van der Waals surface area contributed by atoms with Crippen LogP contribution in [-0.2, 0) is 4.74 Å². The van der Waals surface area contributed by atoms with Gasteiger partial charge in [0, 0.05) is 30.9 Å². The fourth-order valence-electron chi connectivity index (χ4n) is 3.09. The van der Waals surface area contributed by atoms with Gasteiger partial charge in [-0.3, -0.25) is 4.79 Å². The van der Waals surface area contributed by atoms with Crippen molar-refractivity contribution in [2.75, 3.05) is 13.2 Å². The third kappa shape index (κ3) is 3.31. The van der Waals surface area contributed by atoms with Crippen molar-refractivity contribution in [1.82, 2.24) is 19.7 Å². The molecule has 0 aliphatic carbocycles. The largest absolute Gasteiger partial charge is 0.381 e. The predicted octanol–water partition coefficient (Wildman–Crippen LogP) is 2.44. The summed E-state index contributed by atoms with van der Waals surface area (Å²) in [5.74, 6) is -0.650. The number of halogens is 1. The van der Waals surface area contributed by atoms with Gasteiger partial charge in [0.05, 0.1) is 0 Å². The van der Waals surface area contributed by atoms with Gasteiger partial charge in [0.2, 0.25) is 0 Å². The maximum atomic E-state index is 14.4. The minimum absolute atomic E-state index is 0.0404. The maximum absolute atomic E-state index is 14.4. The monoisotopic (exact) mass is 332 g/mol. The van der Waals surface area contributed by atoms with Gasteiger partial charge in [0.25, 0.3) is 5.91 Å². The molecular weight excluding hydrogens is 311 g/mol. The molecule has 0 bridgehead atoms. The average Bonchev–Trinajstić information content (AvgIpc) is 3.09. The second-order valence-electron chi connectivity index (χ2n) is 6.16. The van der Waals surface area contributed by atoms with Crippen molar-refractivity contribution in [2.24, 2.45) is 0 Å². The first-order valence-electron chi connectivity index (χ1n) is 8.13. The van der Waals surface area contributed by atoms with E-state index in [2.05, 4.69) is 10.1 Å². The number of hydrogen-bond acceptors (Lipinski definition) is 4. The molecule has 1 amide bonds. The molecule has 0 N–H and O–H groups in total. The SMILES string of the molecule is CC(C)N(C(=O)c1ccc(-n2cncn2)c(F)c1)C1CCOCC1. The van der Waals surface area contributed by atoms with Crippen LogP contribution in [0.4, 0.5) is 4.39 Å². The Morgan fingerprint density at radius 1 is 1.38 bits per heavy atom. The Hall–Kier alpha value is -2.28. The first-order valence-corrected chi connectivity index (χ1v) is 8.13. The standard InChI is InChI=1S/C17H21FN4O2/c1-12(2)22(14-5-7-24-8-6-14)17(23)13-3-4-16(15(18)9-13)21-11-19-10-20-21/h3-4,9-12,14H,5-8H2,1-2H3. The number of hydrogen-bond donors (Lipinski definition) is 0. The van der Waals surface area contributed by atoms with Crippen molar-refractivity contribution in [1.29, 1.82) is 0 Å². The van der Waals surface area contributed by atoms with E-state index >= 15 is 0 Å². The van der Waals surface area contributed by atoms with E-state index in [1.165, 1.54) is 23.4 Å². The van der Waals surface area contributed by atoms with Crippen LogP contribution in [0.2, 0.25) is 0 Å². The molecule has 1 aromatic carbocycles. The highest BCUT2D eigenvalue weighted by atomic mass is 19.1. The van der Waals surface area contributed by atoms with Crippen LogP contribution < -0.4 is 0 Å². The number of carbonyl (C=O) groups excluding carboxylic acids is 1. The Labute approximate surface area is 140 Å². The van der Waals surface area contributed by atoms with Gasteiger partial charge in [-0.05, 0) is 44.9 Å². The van der Waals surface area contributed by atoms with Crippen LogP contribution in [0, 0.1) is 5.82 Å². The van der Waals surface area contributed by atoms with E-state index in [-0.39, 0.29) is 23.7 Å². The van der Waals surface area contributed by atoms with Crippen LogP contribution >= 0.6 is 0 Å². The lowest BCUT2D eigenvalue weighted by atomic mass is 10.0.